The lowest BCUT2D eigenvalue weighted by Crippen LogP contribution is -2.38. The Hall–Kier alpha value is -0.120. The average molecular weight is 269 g/mol. The Balaban J connectivity index is 1.54. The molecule has 0 aliphatic heterocycles. The standard InChI is InChI=1S/C16H31NO2/c18-15(13-19-16-10-6-3-7-11-16)12-17-14-8-4-1-2-5-9-14/h14-18H,1-13H2. The first kappa shape index (κ1) is 15.3. The number of nitrogens with one attached hydrogen (secondary N) is 1. The maximum Gasteiger partial charge on any atom is 0.0897 e. The molecule has 0 spiro atoms. The van der Waals surface area contributed by atoms with Crippen LogP contribution in [0.4, 0.5) is 0 Å². The van der Waals surface area contributed by atoms with Gasteiger partial charge in [0.25, 0.3) is 0 Å². The zero-order valence-corrected chi connectivity index (χ0v) is 12.3. The first-order chi connectivity index (χ1) is 9.34. The van der Waals surface area contributed by atoms with Gasteiger partial charge in [0.1, 0.15) is 0 Å². The molecular weight excluding hydrogens is 238 g/mol. The number of rotatable bonds is 6. The van der Waals surface area contributed by atoms with Gasteiger partial charge in [-0.2, -0.15) is 0 Å². The highest BCUT2D eigenvalue weighted by Crippen LogP contribution is 2.20. The van der Waals surface area contributed by atoms with E-state index in [0.717, 1.165) is 0 Å². The monoisotopic (exact) mass is 269 g/mol. The lowest BCUT2D eigenvalue weighted by molar-refractivity contribution is -0.0237. The van der Waals surface area contributed by atoms with Crippen molar-refractivity contribution in [2.24, 2.45) is 0 Å². The summed E-state index contributed by atoms with van der Waals surface area (Å²) >= 11 is 0. The van der Waals surface area contributed by atoms with Gasteiger partial charge in [0, 0.05) is 12.6 Å². The Morgan fingerprint density at radius 1 is 0.895 bits per heavy atom. The molecule has 0 aromatic rings. The lowest BCUT2D eigenvalue weighted by atomic mass is 9.98. The van der Waals surface area contributed by atoms with Crippen LogP contribution in [0.2, 0.25) is 0 Å². The maximum absolute atomic E-state index is 9.99. The van der Waals surface area contributed by atoms with E-state index in [0.29, 0.717) is 25.3 Å². The molecular formula is C16H31NO2. The summed E-state index contributed by atoms with van der Waals surface area (Å²) in [5.41, 5.74) is 0. The molecule has 3 nitrogen and oxygen atoms in total. The SMILES string of the molecule is OC(CNC1CCCCCC1)COC1CCCCC1. The molecule has 2 fully saturated rings. The largest absolute Gasteiger partial charge is 0.389 e. The molecule has 2 rings (SSSR count). The smallest absolute Gasteiger partial charge is 0.0897 e. The Labute approximate surface area is 118 Å². The summed E-state index contributed by atoms with van der Waals surface area (Å²) in [5.74, 6) is 0. The van der Waals surface area contributed by atoms with Gasteiger partial charge >= 0.3 is 0 Å². The molecule has 2 saturated carbocycles. The van der Waals surface area contributed by atoms with Gasteiger partial charge in [-0.1, -0.05) is 44.9 Å². The van der Waals surface area contributed by atoms with E-state index in [1.807, 2.05) is 0 Å². The van der Waals surface area contributed by atoms with Crippen LogP contribution in [-0.4, -0.2) is 36.5 Å². The van der Waals surface area contributed by atoms with Crippen LogP contribution in [0.1, 0.15) is 70.6 Å². The molecule has 0 aromatic carbocycles. The summed E-state index contributed by atoms with van der Waals surface area (Å²) in [4.78, 5) is 0. The molecule has 1 atom stereocenters. The van der Waals surface area contributed by atoms with Crippen molar-refractivity contribution >= 4 is 0 Å². The summed E-state index contributed by atoms with van der Waals surface area (Å²) in [6.07, 6.45) is 14.4. The maximum atomic E-state index is 9.99. The normalized spacial score (nSPS) is 25.1. The Morgan fingerprint density at radius 2 is 1.47 bits per heavy atom. The number of hydrogen-bond acceptors (Lipinski definition) is 3. The zero-order valence-electron chi connectivity index (χ0n) is 12.3. The van der Waals surface area contributed by atoms with E-state index in [1.165, 1.54) is 70.6 Å². The Morgan fingerprint density at radius 3 is 2.16 bits per heavy atom. The van der Waals surface area contributed by atoms with Crippen LogP contribution in [0.15, 0.2) is 0 Å². The van der Waals surface area contributed by atoms with Crippen molar-refractivity contribution in [1.29, 1.82) is 0 Å². The summed E-state index contributed by atoms with van der Waals surface area (Å²) < 4.78 is 5.82. The van der Waals surface area contributed by atoms with Crippen molar-refractivity contribution < 1.29 is 9.84 Å². The van der Waals surface area contributed by atoms with Crippen molar-refractivity contribution in [2.45, 2.75) is 88.9 Å². The van der Waals surface area contributed by atoms with Gasteiger partial charge in [-0.15, -0.1) is 0 Å². The van der Waals surface area contributed by atoms with Crippen molar-refractivity contribution in [3.63, 3.8) is 0 Å². The molecule has 0 amide bonds. The molecule has 1 unspecified atom stereocenters. The summed E-state index contributed by atoms with van der Waals surface area (Å²) in [6, 6.07) is 0.617. The minimum atomic E-state index is -0.342. The second kappa shape index (κ2) is 8.93. The van der Waals surface area contributed by atoms with Gasteiger partial charge < -0.3 is 15.2 Å². The predicted octanol–water partition coefficient (Wildman–Crippen LogP) is 3.01. The van der Waals surface area contributed by atoms with E-state index < -0.39 is 0 Å². The summed E-state index contributed by atoms with van der Waals surface area (Å²) in [7, 11) is 0. The quantitative estimate of drug-likeness (QED) is 0.728. The summed E-state index contributed by atoms with van der Waals surface area (Å²) in [6.45, 7) is 1.20. The molecule has 2 aliphatic rings. The molecule has 0 heterocycles. The van der Waals surface area contributed by atoms with Crippen LogP contribution < -0.4 is 5.32 Å². The van der Waals surface area contributed by atoms with Gasteiger partial charge in [-0.3, -0.25) is 0 Å². The second-order valence-electron chi connectivity index (χ2n) is 6.34. The number of aliphatic hydroxyl groups is 1. The molecule has 2 aliphatic carbocycles. The van der Waals surface area contributed by atoms with Crippen LogP contribution >= 0.6 is 0 Å². The second-order valence-corrected chi connectivity index (χ2v) is 6.34. The van der Waals surface area contributed by atoms with Crippen molar-refractivity contribution in [3.8, 4) is 0 Å². The third kappa shape index (κ3) is 6.24. The van der Waals surface area contributed by atoms with E-state index in [9.17, 15) is 5.11 Å². The van der Waals surface area contributed by atoms with Gasteiger partial charge in [0.15, 0.2) is 0 Å². The van der Waals surface area contributed by atoms with Crippen LogP contribution in [0.3, 0.4) is 0 Å². The number of aliphatic hydroxyl groups excluding tert-OH is 1. The van der Waals surface area contributed by atoms with E-state index in [1.54, 1.807) is 0 Å². The Kier molecular flexibility index (Phi) is 7.18. The van der Waals surface area contributed by atoms with Crippen molar-refractivity contribution in [3.05, 3.63) is 0 Å². The molecule has 112 valence electrons. The third-order valence-electron chi connectivity index (χ3n) is 4.57. The van der Waals surface area contributed by atoms with Crippen LogP contribution in [-0.2, 0) is 4.74 Å². The van der Waals surface area contributed by atoms with E-state index >= 15 is 0 Å². The molecule has 19 heavy (non-hydrogen) atoms. The van der Waals surface area contributed by atoms with Gasteiger partial charge in [-0.05, 0) is 25.7 Å². The van der Waals surface area contributed by atoms with E-state index in [-0.39, 0.29) is 6.10 Å². The van der Waals surface area contributed by atoms with Crippen LogP contribution in [0.5, 0.6) is 0 Å². The first-order valence-electron chi connectivity index (χ1n) is 8.37. The average Bonchev–Trinajstić information content (AvgIpc) is 2.73. The fraction of sp³-hybridized carbons (Fsp3) is 1.00. The van der Waals surface area contributed by atoms with E-state index in [2.05, 4.69) is 5.32 Å². The fourth-order valence-corrected chi connectivity index (χ4v) is 3.32. The van der Waals surface area contributed by atoms with Gasteiger partial charge in [-0.25, -0.2) is 0 Å². The van der Waals surface area contributed by atoms with Gasteiger partial charge in [0.2, 0.25) is 0 Å². The molecule has 3 heteroatoms. The highest BCUT2D eigenvalue weighted by molar-refractivity contribution is 4.73. The van der Waals surface area contributed by atoms with Crippen molar-refractivity contribution in [2.75, 3.05) is 13.2 Å². The van der Waals surface area contributed by atoms with Gasteiger partial charge in [0.05, 0.1) is 18.8 Å². The molecule has 0 bridgehead atoms. The summed E-state index contributed by atoms with van der Waals surface area (Å²) in [5, 5.41) is 13.5. The highest BCUT2D eigenvalue weighted by atomic mass is 16.5. The minimum absolute atomic E-state index is 0.342. The minimum Gasteiger partial charge on any atom is -0.389 e. The van der Waals surface area contributed by atoms with Crippen molar-refractivity contribution in [1.82, 2.24) is 5.32 Å². The highest BCUT2D eigenvalue weighted by Gasteiger charge is 2.17. The lowest BCUT2D eigenvalue weighted by Gasteiger charge is -2.24. The number of ether oxygens (including phenoxy) is 1. The third-order valence-corrected chi connectivity index (χ3v) is 4.57. The van der Waals surface area contributed by atoms with Crippen LogP contribution in [0.25, 0.3) is 0 Å². The molecule has 2 N–H and O–H groups in total. The molecule has 0 aromatic heterocycles. The van der Waals surface area contributed by atoms with E-state index in [4.69, 9.17) is 4.74 Å². The predicted molar refractivity (Wildman–Crippen MR) is 78.3 cm³/mol. The number of hydrogen-bond donors (Lipinski definition) is 2. The zero-order chi connectivity index (χ0) is 13.3. The first-order valence-corrected chi connectivity index (χ1v) is 8.37. The molecule has 0 saturated heterocycles. The fourth-order valence-electron chi connectivity index (χ4n) is 3.32. The topological polar surface area (TPSA) is 41.5 Å². The molecule has 0 radical (unpaired) electrons. The van der Waals surface area contributed by atoms with Crippen LogP contribution in [0, 0.1) is 0 Å². The Bertz CT molecular complexity index is 221.